The number of hydrogen-bond acceptors (Lipinski definition) is 7. The first-order valence-corrected chi connectivity index (χ1v) is 6.78. The van der Waals surface area contributed by atoms with E-state index in [0.717, 1.165) is 8.68 Å². The molecule has 1 rings (SSSR count). The van der Waals surface area contributed by atoms with Crippen molar-refractivity contribution in [3.8, 4) is 0 Å². The Morgan fingerprint density at radius 3 is 2.86 bits per heavy atom. The number of carbonyl (C=O) groups excluding carboxylic acids is 1. The average molecular weight is 250 g/mol. The molecule has 1 aromatic heterocycles. The number of aromatic nitrogens is 2. The van der Waals surface area contributed by atoms with Gasteiger partial charge >= 0.3 is 0 Å². The first-order valence-electron chi connectivity index (χ1n) is 3.76. The molecule has 14 heavy (non-hydrogen) atoms. The van der Waals surface area contributed by atoms with Crippen LogP contribution in [0, 0.1) is 0 Å². The Kier molecular flexibility index (Phi) is 5.23. The number of nitrogens with zero attached hydrogens (tertiary/aromatic N) is 2. The second-order valence-electron chi connectivity index (χ2n) is 2.20. The normalized spacial score (nSPS) is 10.1. The van der Waals surface area contributed by atoms with Crippen molar-refractivity contribution in [3.63, 3.8) is 0 Å². The van der Waals surface area contributed by atoms with Gasteiger partial charge in [-0.15, -0.1) is 10.2 Å². The van der Waals surface area contributed by atoms with Gasteiger partial charge in [0.25, 0.3) is 0 Å². The van der Waals surface area contributed by atoms with Gasteiger partial charge in [-0.2, -0.15) is 0 Å². The molecule has 1 heterocycles. The number of rotatable bonds is 5. The van der Waals surface area contributed by atoms with E-state index in [1.165, 1.54) is 23.1 Å². The van der Waals surface area contributed by atoms with Gasteiger partial charge in [-0.3, -0.25) is 10.2 Å². The predicted octanol–water partition coefficient (Wildman–Crippen LogP) is 0.732. The molecule has 0 atom stereocenters. The smallest absolute Gasteiger partial charge is 0.234 e. The second-order valence-corrected chi connectivity index (χ2v) is 5.58. The highest BCUT2D eigenvalue weighted by molar-refractivity contribution is 8.02. The lowest BCUT2D eigenvalue weighted by Crippen LogP contribution is -2.30. The van der Waals surface area contributed by atoms with Crippen LogP contribution in [-0.4, -0.2) is 28.1 Å². The lowest BCUT2D eigenvalue weighted by atomic mass is 10.5. The Balaban J connectivity index is 2.27. The third-order valence-electron chi connectivity index (χ3n) is 1.28. The maximum Gasteiger partial charge on any atom is 0.234 e. The van der Waals surface area contributed by atoms with Gasteiger partial charge in [-0.05, 0) is 6.26 Å². The van der Waals surface area contributed by atoms with Crippen LogP contribution in [-0.2, 0) is 4.79 Å². The molecule has 8 heteroatoms. The highest BCUT2D eigenvalue weighted by Crippen LogP contribution is 2.27. The zero-order valence-electron chi connectivity index (χ0n) is 7.52. The van der Waals surface area contributed by atoms with E-state index in [-0.39, 0.29) is 5.91 Å². The predicted molar refractivity (Wildman–Crippen MR) is 59.4 cm³/mol. The standard InChI is InChI=1S/C6H10N4OS3/c1-12-5-9-10-6(14-5)13-3-2-4(11)8-7/h2-3,7H2,1H3,(H,8,11). The number of thioether (sulfide) groups is 2. The van der Waals surface area contributed by atoms with Crippen LogP contribution in [0.25, 0.3) is 0 Å². The third-order valence-corrected chi connectivity index (χ3v) is 4.31. The van der Waals surface area contributed by atoms with E-state index >= 15 is 0 Å². The topological polar surface area (TPSA) is 80.9 Å². The van der Waals surface area contributed by atoms with E-state index in [4.69, 9.17) is 5.84 Å². The van der Waals surface area contributed by atoms with Gasteiger partial charge in [0.2, 0.25) is 5.91 Å². The van der Waals surface area contributed by atoms with Gasteiger partial charge in [0.05, 0.1) is 0 Å². The summed E-state index contributed by atoms with van der Waals surface area (Å²) in [5.41, 5.74) is 2.08. The molecule has 0 aliphatic heterocycles. The third kappa shape index (κ3) is 3.82. The number of amides is 1. The number of hydrazine groups is 1. The molecule has 1 amide bonds. The average Bonchev–Trinajstić information content (AvgIpc) is 2.65. The van der Waals surface area contributed by atoms with Crippen molar-refractivity contribution in [1.82, 2.24) is 15.6 Å². The minimum Gasteiger partial charge on any atom is -0.294 e. The minimum atomic E-state index is -0.160. The molecular formula is C6H10N4OS3. The zero-order chi connectivity index (χ0) is 10.4. The Morgan fingerprint density at radius 2 is 2.29 bits per heavy atom. The summed E-state index contributed by atoms with van der Waals surface area (Å²) in [5, 5.41) is 7.90. The summed E-state index contributed by atoms with van der Waals surface area (Å²) >= 11 is 4.61. The molecule has 0 spiro atoms. The van der Waals surface area contributed by atoms with Gasteiger partial charge in [0.15, 0.2) is 8.68 Å². The molecule has 5 nitrogen and oxygen atoms in total. The molecule has 0 saturated heterocycles. The maximum absolute atomic E-state index is 10.8. The van der Waals surface area contributed by atoms with E-state index in [2.05, 4.69) is 15.6 Å². The van der Waals surface area contributed by atoms with Crippen molar-refractivity contribution in [2.75, 3.05) is 12.0 Å². The van der Waals surface area contributed by atoms with Gasteiger partial charge in [-0.25, -0.2) is 5.84 Å². The first kappa shape index (κ1) is 11.8. The molecule has 0 aliphatic rings. The molecular weight excluding hydrogens is 240 g/mol. The molecule has 0 aliphatic carbocycles. The monoisotopic (exact) mass is 250 g/mol. The highest BCUT2D eigenvalue weighted by atomic mass is 32.2. The van der Waals surface area contributed by atoms with Crippen molar-refractivity contribution in [2.45, 2.75) is 15.1 Å². The van der Waals surface area contributed by atoms with Crippen molar-refractivity contribution in [3.05, 3.63) is 0 Å². The summed E-state index contributed by atoms with van der Waals surface area (Å²) in [7, 11) is 0. The quantitative estimate of drug-likeness (QED) is 0.347. The van der Waals surface area contributed by atoms with Gasteiger partial charge in [-0.1, -0.05) is 34.9 Å². The van der Waals surface area contributed by atoms with Crippen LogP contribution in [0.1, 0.15) is 6.42 Å². The van der Waals surface area contributed by atoms with Crippen molar-refractivity contribution < 1.29 is 4.79 Å². The molecule has 3 N–H and O–H groups in total. The summed E-state index contributed by atoms with van der Waals surface area (Å²) in [4.78, 5) is 10.8. The lowest BCUT2D eigenvalue weighted by molar-refractivity contribution is -0.120. The Bertz CT molecular complexity index is 303. The van der Waals surface area contributed by atoms with Crippen molar-refractivity contribution in [1.29, 1.82) is 0 Å². The molecule has 0 unspecified atom stereocenters. The number of nitrogens with two attached hydrogens (primary N) is 1. The van der Waals surface area contributed by atoms with Gasteiger partial charge < -0.3 is 0 Å². The molecule has 0 saturated carbocycles. The maximum atomic E-state index is 10.8. The number of nitrogens with one attached hydrogen (secondary N) is 1. The summed E-state index contributed by atoms with van der Waals surface area (Å²) < 4.78 is 1.83. The summed E-state index contributed by atoms with van der Waals surface area (Å²) in [6.45, 7) is 0. The lowest BCUT2D eigenvalue weighted by Gasteiger charge is -1.96. The van der Waals surface area contributed by atoms with Crippen LogP contribution in [0.5, 0.6) is 0 Å². The van der Waals surface area contributed by atoms with Crippen LogP contribution in [0.4, 0.5) is 0 Å². The fourth-order valence-corrected chi connectivity index (χ4v) is 3.09. The molecule has 0 aromatic carbocycles. The van der Waals surface area contributed by atoms with E-state index < -0.39 is 0 Å². The Labute approximate surface area is 94.2 Å². The molecule has 1 aromatic rings. The molecule has 0 bridgehead atoms. The van der Waals surface area contributed by atoms with Crippen LogP contribution >= 0.6 is 34.9 Å². The molecule has 0 fully saturated rings. The minimum absolute atomic E-state index is 0.160. The van der Waals surface area contributed by atoms with Crippen LogP contribution in [0.2, 0.25) is 0 Å². The Hall–Kier alpha value is -0.310. The zero-order valence-corrected chi connectivity index (χ0v) is 9.97. The molecule has 0 radical (unpaired) electrons. The van der Waals surface area contributed by atoms with E-state index in [1.54, 1.807) is 11.8 Å². The second kappa shape index (κ2) is 6.23. The molecule has 78 valence electrons. The van der Waals surface area contributed by atoms with Crippen molar-refractivity contribution >= 4 is 40.8 Å². The fourth-order valence-electron chi connectivity index (χ4n) is 0.641. The SMILES string of the molecule is CSc1nnc(SCCC(=O)NN)s1. The van der Waals surface area contributed by atoms with Crippen molar-refractivity contribution in [2.24, 2.45) is 5.84 Å². The fraction of sp³-hybridized carbons (Fsp3) is 0.500. The largest absolute Gasteiger partial charge is 0.294 e. The van der Waals surface area contributed by atoms with E-state index in [1.807, 2.05) is 6.26 Å². The van der Waals surface area contributed by atoms with Gasteiger partial charge in [0.1, 0.15) is 0 Å². The first-order chi connectivity index (χ1) is 6.76. The summed E-state index contributed by atoms with van der Waals surface area (Å²) in [6, 6.07) is 0. The van der Waals surface area contributed by atoms with Crippen LogP contribution < -0.4 is 11.3 Å². The van der Waals surface area contributed by atoms with Crippen LogP contribution in [0.15, 0.2) is 8.68 Å². The number of carbonyl (C=O) groups is 1. The summed E-state index contributed by atoms with van der Waals surface area (Å²) in [5.74, 6) is 5.45. The van der Waals surface area contributed by atoms with E-state index in [0.29, 0.717) is 12.2 Å². The van der Waals surface area contributed by atoms with E-state index in [9.17, 15) is 4.79 Å². The Morgan fingerprint density at radius 1 is 1.57 bits per heavy atom. The van der Waals surface area contributed by atoms with Gasteiger partial charge in [0, 0.05) is 12.2 Å². The summed E-state index contributed by atoms with van der Waals surface area (Å²) in [6.07, 6.45) is 2.35. The van der Waals surface area contributed by atoms with Crippen LogP contribution in [0.3, 0.4) is 0 Å². The number of hydrogen-bond donors (Lipinski definition) is 2. The highest BCUT2D eigenvalue weighted by Gasteiger charge is 2.04.